The number of nitrogens with one attached hydrogen (secondary N) is 2. The van der Waals surface area contributed by atoms with Gasteiger partial charge < -0.3 is 10.6 Å². The number of aromatic nitrogens is 2. The summed E-state index contributed by atoms with van der Waals surface area (Å²) in [5.74, 6) is 0.404. The number of nitrogens with zero attached hydrogens (tertiary/aromatic N) is 3. The Bertz CT molecular complexity index is 635. The molecule has 0 saturated carbocycles. The maximum absolute atomic E-state index is 11.0. The van der Waals surface area contributed by atoms with Gasteiger partial charge in [-0.3, -0.25) is 10.1 Å². The summed E-state index contributed by atoms with van der Waals surface area (Å²) in [6, 6.07) is 6.93. The molecule has 0 amide bonds. The zero-order valence-electron chi connectivity index (χ0n) is 10.6. The van der Waals surface area contributed by atoms with Gasteiger partial charge in [0.2, 0.25) is 11.8 Å². The zero-order valence-corrected chi connectivity index (χ0v) is 11.4. The van der Waals surface area contributed by atoms with Gasteiger partial charge in [-0.1, -0.05) is 23.7 Å². The summed E-state index contributed by atoms with van der Waals surface area (Å²) in [4.78, 5) is 18.4. The highest BCUT2D eigenvalue weighted by molar-refractivity contribution is 6.33. The summed E-state index contributed by atoms with van der Waals surface area (Å²) in [6.07, 6.45) is 1.16. The number of anilines is 3. The van der Waals surface area contributed by atoms with Crippen LogP contribution in [0.2, 0.25) is 5.02 Å². The maximum atomic E-state index is 11.0. The fourth-order valence-electron chi connectivity index (χ4n) is 1.53. The molecule has 0 aliphatic heterocycles. The molecule has 1 aromatic heterocycles. The van der Waals surface area contributed by atoms with Gasteiger partial charge in [0.1, 0.15) is 6.20 Å². The van der Waals surface area contributed by atoms with E-state index in [-0.39, 0.29) is 11.5 Å². The lowest BCUT2D eigenvalue weighted by molar-refractivity contribution is -0.384. The molecule has 0 spiro atoms. The molecule has 104 valence electrons. The van der Waals surface area contributed by atoms with E-state index < -0.39 is 4.92 Å². The summed E-state index contributed by atoms with van der Waals surface area (Å²) in [5.41, 5.74) is 0.324. The highest BCUT2D eigenvalue weighted by Gasteiger charge is 2.18. The molecular weight excluding hydrogens is 282 g/mol. The van der Waals surface area contributed by atoms with E-state index in [4.69, 9.17) is 11.6 Å². The van der Waals surface area contributed by atoms with Crippen LogP contribution in [0.25, 0.3) is 0 Å². The minimum absolute atomic E-state index is 0.0917. The van der Waals surface area contributed by atoms with E-state index in [9.17, 15) is 10.1 Å². The van der Waals surface area contributed by atoms with Crippen LogP contribution in [0.3, 0.4) is 0 Å². The molecule has 2 aromatic rings. The van der Waals surface area contributed by atoms with Crippen molar-refractivity contribution in [1.82, 2.24) is 9.97 Å². The van der Waals surface area contributed by atoms with E-state index in [1.807, 2.05) is 6.92 Å². The number of halogens is 1. The number of rotatable bonds is 5. The maximum Gasteiger partial charge on any atom is 0.329 e. The minimum Gasteiger partial charge on any atom is -0.354 e. The van der Waals surface area contributed by atoms with Crippen molar-refractivity contribution in [2.45, 2.75) is 6.92 Å². The molecule has 2 rings (SSSR count). The standard InChI is InChI=1S/C12H12ClN5O2/c1-2-14-12-15-7-10(18(19)20)11(17-12)16-9-6-4-3-5-8(9)13/h3-7H,2H2,1H3,(H2,14,15,16,17). The lowest BCUT2D eigenvalue weighted by Gasteiger charge is -2.09. The van der Waals surface area contributed by atoms with Gasteiger partial charge in [-0.2, -0.15) is 4.98 Å². The molecule has 1 heterocycles. The van der Waals surface area contributed by atoms with Crippen molar-refractivity contribution >= 4 is 34.7 Å². The predicted molar refractivity (Wildman–Crippen MR) is 77.6 cm³/mol. The van der Waals surface area contributed by atoms with Gasteiger partial charge in [-0.15, -0.1) is 0 Å². The van der Waals surface area contributed by atoms with E-state index in [2.05, 4.69) is 20.6 Å². The van der Waals surface area contributed by atoms with Crippen molar-refractivity contribution in [2.75, 3.05) is 17.2 Å². The average molecular weight is 294 g/mol. The summed E-state index contributed by atoms with van der Waals surface area (Å²) in [6.45, 7) is 2.50. The van der Waals surface area contributed by atoms with Crippen LogP contribution < -0.4 is 10.6 Å². The van der Waals surface area contributed by atoms with Gasteiger partial charge in [-0.05, 0) is 19.1 Å². The molecule has 2 N–H and O–H groups in total. The van der Waals surface area contributed by atoms with Crippen molar-refractivity contribution < 1.29 is 4.92 Å². The van der Waals surface area contributed by atoms with Crippen LogP contribution in [0.1, 0.15) is 6.92 Å². The number of para-hydroxylation sites is 1. The number of nitro groups is 1. The van der Waals surface area contributed by atoms with E-state index in [1.54, 1.807) is 24.3 Å². The first-order valence-electron chi connectivity index (χ1n) is 5.88. The Balaban J connectivity index is 2.40. The summed E-state index contributed by atoms with van der Waals surface area (Å²) < 4.78 is 0. The Labute approximate surface area is 120 Å². The first kappa shape index (κ1) is 14.0. The van der Waals surface area contributed by atoms with Crippen molar-refractivity contribution in [3.63, 3.8) is 0 Å². The third kappa shape index (κ3) is 3.12. The van der Waals surface area contributed by atoms with Crippen LogP contribution in [0.5, 0.6) is 0 Å². The molecule has 0 unspecified atom stereocenters. The van der Waals surface area contributed by atoms with E-state index in [0.29, 0.717) is 23.2 Å². The normalized spacial score (nSPS) is 10.1. The number of hydrogen-bond donors (Lipinski definition) is 2. The van der Waals surface area contributed by atoms with Gasteiger partial charge >= 0.3 is 5.69 Å². The first-order valence-corrected chi connectivity index (χ1v) is 6.26. The van der Waals surface area contributed by atoms with Crippen molar-refractivity contribution in [2.24, 2.45) is 0 Å². The second kappa shape index (κ2) is 6.16. The molecular formula is C12H12ClN5O2. The Morgan fingerprint density at radius 3 is 2.80 bits per heavy atom. The van der Waals surface area contributed by atoms with Gasteiger partial charge in [0.25, 0.3) is 0 Å². The fourth-order valence-corrected chi connectivity index (χ4v) is 1.72. The van der Waals surface area contributed by atoms with Gasteiger partial charge in [-0.25, -0.2) is 4.98 Å². The fraction of sp³-hybridized carbons (Fsp3) is 0.167. The summed E-state index contributed by atoms with van der Waals surface area (Å²) >= 11 is 6.02. The Kier molecular flexibility index (Phi) is 4.31. The molecule has 0 radical (unpaired) electrons. The smallest absolute Gasteiger partial charge is 0.329 e. The third-order valence-corrected chi connectivity index (χ3v) is 2.76. The Hall–Kier alpha value is -2.41. The third-order valence-electron chi connectivity index (χ3n) is 2.43. The van der Waals surface area contributed by atoms with Gasteiger partial charge in [0, 0.05) is 6.54 Å². The molecule has 7 nitrogen and oxygen atoms in total. The Morgan fingerprint density at radius 2 is 2.15 bits per heavy atom. The summed E-state index contributed by atoms with van der Waals surface area (Å²) in [7, 11) is 0. The second-order valence-electron chi connectivity index (χ2n) is 3.82. The predicted octanol–water partition coefficient (Wildman–Crippen LogP) is 3.21. The monoisotopic (exact) mass is 293 g/mol. The Morgan fingerprint density at radius 1 is 1.40 bits per heavy atom. The molecule has 20 heavy (non-hydrogen) atoms. The minimum atomic E-state index is -0.547. The van der Waals surface area contributed by atoms with Crippen LogP contribution in [-0.2, 0) is 0 Å². The van der Waals surface area contributed by atoms with Crippen molar-refractivity contribution in [3.05, 3.63) is 45.6 Å². The molecule has 0 aliphatic carbocycles. The lowest BCUT2D eigenvalue weighted by Crippen LogP contribution is -2.06. The van der Waals surface area contributed by atoms with Crippen LogP contribution in [0.15, 0.2) is 30.5 Å². The zero-order chi connectivity index (χ0) is 14.5. The lowest BCUT2D eigenvalue weighted by atomic mass is 10.3. The van der Waals surface area contributed by atoms with Crippen LogP contribution in [0, 0.1) is 10.1 Å². The molecule has 1 aromatic carbocycles. The van der Waals surface area contributed by atoms with Gasteiger partial charge in [0.15, 0.2) is 0 Å². The number of hydrogen-bond acceptors (Lipinski definition) is 6. The van der Waals surface area contributed by atoms with E-state index in [0.717, 1.165) is 6.20 Å². The molecule has 0 aliphatic rings. The van der Waals surface area contributed by atoms with Crippen LogP contribution >= 0.6 is 11.6 Å². The number of benzene rings is 1. The van der Waals surface area contributed by atoms with Crippen molar-refractivity contribution in [1.29, 1.82) is 0 Å². The van der Waals surface area contributed by atoms with E-state index in [1.165, 1.54) is 0 Å². The molecule has 0 saturated heterocycles. The first-order chi connectivity index (χ1) is 9.61. The quantitative estimate of drug-likeness (QED) is 0.649. The van der Waals surface area contributed by atoms with Crippen LogP contribution in [-0.4, -0.2) is 21.4 Å². The molecule has 8 heteroatoms. The van der Waals surface area contributed by atoms with Crippen molar-refractivity contribution in [3.8, 4) is 0 Å². The molecule has 0 fully saturated rings. The topological polar surface area (TPSA) is 93.0 Å². The van der Waals surface area contributed by atoms with E-state index >= 15 is 0 Å². The average Bonchev–Trinajstić information content (AvgIpc) is 2.42. The van der Waals surface area contributed by atoms with Crippen LogP contribution in [0.4, 0.5) is 23.1 Å². The highest BCUT2D eigenvalue weighted by Crippen LogP contribution is 2.29. The summed E-state index contributed by atoms with van der Waals surface area (Å²) in [5, 5.41) is 17.2. The SMILES string of the molecule is CCNc1ncc([N+](=O)[O-])c(Nc2ccccc2Cl)n1. The highest BCUT2D eigenvalue weighted by atomic mass is 35.5. The van der Waals surface area contributed by atoms with Gasteiger partial charge in [0.05, 0.1) is 15.6 Å². The molecule has 0 bridgehead atoms. The molecule has 0 atom stereocenters. The second-order valence-corrected chi connectivity index (χ2v) is 4.23. The largest absolute Gasteiger partial charge is 0.354 e.